The van der Waals surface area contributed by atoms with Crippen LogP contribution < -0.4 is 16.0 Å². The van der Waals surface area contributed by atoms with Crippen molar-refractivity contribution in [2.24, 2.45) is 0 Å². The second-order valence-corrected chi connectivity index (χ2v) is 5.32. The average Bonchev–Trinajstić information content (AvgIpc) is 2.44. The van der Waals surface area contributed by atoms with E-state index in [1.54, 1.807) is 6.07 Å². The Labute approximate surface area is 124 Å². The highest BCUT2D eigenvalue weighted by Gasteiger charge is 2.05. The maximum Gasteiger partial charge on any atom is 0.319 e. The van der Waals surface area contributed by atoms with E-state index < -0.39 is 0 Å². The summed E-state index contributed by atoms with van der Waals surface area (Å²) in [6, 6.07) is 5.29. The molecule has 0 saturated heterocycles. The summed E-state index contributed by atoms with van der Waals surface area (Å²) in [4.78, 5) is 11.8. The van der Waals surface area contributed by atoms with Crippen LogP contribution in [0, 0.1) is 6.92 Å². The van der Waals surface area contributed by atoms with E-state index in [1.165, 1.54) is 5.57 Å². The summed E-state index contributed by atoms with van der Waals surface area (Å²) in [7, 11) is 0. The topological polar surface area (TPSA) is 53.2 Å². The van der Waals surface area contributed by atoms with Crippen molar-refractivity contribution in [2.75, 3.05) is 25.0 Å². The van der Waals surface area contributed by atoms with E-state index in [9.17, 15) is 4.79 Å². The maximum atomic E-state index is 11.8. The number of hydrogen-bond acceptors (Lipinski definition) is 2. The van der Waals surface area contributed by atoms with Gasteiger partial charge in [-0.05, 0) is 44.0 Å². The average molecular weight is 294 g/mol. The minimum Gasteiger partial charge on any atom is -0.338 e. The highest BCUT2D eigenvalue weighted by Crippen LogP contribution is 2.19. The lowest BCUT2D eigenvalue weighted by molar-refractivity contribution is 0.252. The van der Waals surface area contributed by atoms with Gasteiger partial charge in [-0.1, -0.05) is 29.3 Å². The minimum atomic E-state index is -0.195. The Morgan fingerprint density at radius 2 is 2.30 bits per heavy atom. The van der Waals surface area contributed by atoms with Gasteiger partial charge in [0.1, 0.15) is 0 Å². The van der Waals surface area contributed by atoms with Crippen molar-refractivity contribution in [1.29, 1.82) is 0 Å². The summed E-state index contributed by atoms with van der Waals surface area (Å²) >= 11 is 6.02. The number of carbonyl (C=O) groups is 1. The molecule has 108 valence electrons. The summed E-state index contributed by atoms with van der Waals surface area (Å²) in [6.07, 6.45) is 4.17. The summed E-state index contributed by atoms with van der Waals surface area (Å²) in [5.41, 5.74) is 3.11. The molecule has 1 aromatic carbocycles. The van der Waals surface area contributed by atoms with Crippen molar-refractivity contribution in [3.63, 3.8) is 0 Å². The van der Waals surface area contributed by atoms with E-state index >= 15 is 0 Å². The third kappa shape index (κ3) is 4.54. The van der Waals surface area contributed by atoms with Gasteiger partial charge < -0.3 is 16.0 Å². The SMILES string of the molecule is Cc1ccc(NC(=O)NCCC2=CCNCC2)cc1Cl. The Balaban J connectivity index is 1.74. The normalized spacial score (nSPS) is 14.6. The predicted molar refractivity (Wildman–Crippen MR) is 83.4 cm³/mol. The first-order chi connectivity index (χ1) is 9.65. The molecule has 1 aromatic rings. The number of rotatable bonds is 4. The van der Waals surface area contributed by atoms with Crippen LogP contribution >= 0.6 is 11.6 Å². The van der Waals surface area contributed by atoms with E-state index in [2.05, 4.69) is 22.0 Å². The lowest BCUT2D eigenvalue weighted by Crippen LogP contribution is -2.30. The van der Waals surface area contributed by atoms with Crippen LogP contribution in [-0.2, 0) is 0 Å². The minimum absolute atomic E-state index is 0.195. The lowest BCUT2D eigenvalue weighted by atomic mass is 10.1. The van der Waals surface area contributed by atoms with Crippen molar-refractivity contribution in [3.05, 3.63) is 40.4 Å². The van der Waals surface area contributed by atoms with Crippen LogP contribution in [0.1, 0.15) is 18.4 Å². The van der Waals surface area contributed by atoms with Crippen molar-refractivity contribution in [3.8, 4) is 0 Å². The van der Waals surface area contributed by atoms with Gasteiger partial charge in [0.25, 0.3) is 0 Å². The molecule has 0 saturated carbocycles. The molecule has 1 heterocycles. The van der Waals surface area contributed by atoms with Crippen LogP contribution in [0.2, 0.25) is 5.02 Å². The fraction of sp³-hybridized carbons (Fsp3) is 0.400. The van der Waals surface area contributed by atoms with Crippen LogP contribution in [0.3, 0.4) is 0 Å². The standard InChI is InChI=1S/C15H20ClN3O/c1-11-2-3-13(10-14(11)16)19-15(20)18-9-6-12-4-7-17-8-5-12/h2-4,10,17H,5-9H2,1H3,(H2,18,19,20). The van der Waals surface area contributed by atoms with E-state index in [0.29, 0.717) is 17.3 Å². The Bertz CT molecular complexity index is 514. The van der Waals surface area contributed by atoms with Crippen LogP contribution in [0.25, 0.3) is 0 Å². The van der Waals surface area contributed by atoms with E-state index in [4.69, 9.17) is 11.6 Å². The zero-order valence-corrected chi connectivity index (χ0v) is 12.4. The molecule has 0 fully saturated rings. The quantitative estimate of drug-likeness (QED) is 0.747. The molecule has 0 spiro atoms. The van der Waals surface area contributed by atoms with Crippen molar-refractivity contribution >= 4 is 23.3 Å². The van der Waals surface area contributed by atoms with Gasteiger partial charge in [0.05, 0.1) is 0 Å². The number of aryl methyl sites for hydroxylation is 1. The zero-order chi connectivity index (χ0) is 14.4. The first-order valence-corrected chi connectivity index (χ1v) is 7.22. The highest BCUT2D eigenvalue weighted by atomic mass is 35.5. The Hall–Kier alpha value is -1.52. The molecule has 0 aromatic heterocycles. The van der Waals surface area contributed by atoms with Crippen molar-refractivity contribution < 1.29 is 4.79 Å². The van der Waals surface area contributed by atoms with Gasteiger partial charge in [-0.2, -0.15) is 0 Å². The molecule has 20 heavy (non-hydrogen) atoms. The Morgan fingerprint density at radius 1 is 1.45 bits per heavy atom. The van der Waals surface area contributed by atoms with Crippen LogP contribution in [0.4, 0.5) is 10.5 Å². The maximum absolute atomic E-state index is 11.8. The van der Waals surface area contributed by atoms with Crippen molar-refractivity contribution in [1.82, 2.24) is 10.6 Å². The number of nitrogens with one attached hydrogen (secondary N) is 3. The summed E-state index contributed by atoms with van der Waals surface area (Å²) in [6.45, 7) is 4.54. The first kappa shape index (κ1) is 14.9. The van der Waals surface area contributed by atoms with E-state index in [0.717, 1.165) is 31.5 Å². The third-order valence-electron chi connectivity index (χ3n) is 3.32. The second-order valence-electron chi connectivity index (χ2n) is 4.91. The third-order valence-corrected chi connectivity index (χ3v) is 3.73. The smallest absolute Gasteiger partial charge is 0.319 e. The molecular weight excluding hydrogens is 274 g/mol. The molecule has 5 heteroatoms. The number of urea groups is 1. The van der Waals surface area contributed by atoms with Gasteiger partial charge in [-0.15, -0.1) is 0 Å². The summed E-state index contributed by atoms with van der Waals surface area (Å²) in [5, 5.41) is 9.56. The predicted octanol–water partition coefficient (Wildman–Crippen LogP) is 3.08. The van der Waals surface area contributed by atoms with Crippen LogP contribution in [-0.4, -0.2) is 25.7 Å². The first-order valence-electron chi connectivity index (χ1n) is 6.85. The van der Waals surface area contributed by atoms with Gasteiger partial charge in [0, 0.05) is 23.8 Å². The van der Waals surface area contributed by atoms with Gasteiger partial charge in [0.2, 0.25) is 0 Å². The molecule has 3 N–H and O–H groups in total. The zero-order valence-electron chi connectivity index (χ0n) is 11.6. The van der Waals surface area contributed by atoms with Crippen LogP contribution in [0.5, 0.6) is 0 Å². The fourth-order valence-electron chi connectivity index (χ4n) is 2.08. The molecule has 0 radical (unpaired) electrons. The molecule has 0 unspecified atom stereocenters. The molecule has 0 atom stereocenters. The van der Waals surface area contributed by atoms with Gasteiger partial charge in [-0.3, -0.25) is 0 Å². The molecule has 0 aliphatic carbocycles. The van der Waals surface area contributed by atoms with Gasteiger partial charge >= 0.3 is 6.03 Å². The van der Waals surface area contributed by atoms with Gasteiger partial charge in [0.15, 0.2) is 0 Å². The fourth-order valence-corrected chi connectivity index (χ4v) is 2.26. The molecule has 0 bridgehead atoms. The lowest BCUT2D eigenvalue weighted by Gasteiger charge is -2.14. The Morgan fingerprint density at radius 3 is 3.00 bits per heavy atom. The highest BCUT2D eigenvalue weighted by molar-refractivity contribution is 6.31. The van der Waals surface area contributed by atoms with Crippen molar-refractivity contribution in [2.45, 2.75) is 19.8 Å². The van der Waals surface area contributed by atoms with E-state index in [1.807, 2.05) is 19.1 Å². The largest absolute Gasteiger partial charge is 0.338 e. The number of hydrogen-bond donors (Lipinski definition) is 3. The molecule has 1 aliphatic heterocycles. The Kier molecular flexibility index (Phi) is 5.44. The summed E-state index contributed by atoms with van der Waals surface area (Å²) < 4.78 is 0. The molecular formula is C15H20ClN3O. The number of carbonyl (C=O) groups excluding carboxylic acids is 1. The molecule has 1 aliphatic rings. The van der Waals surface area contributed by atoms with Crippen LogP contribution in [0.15, 0.2) is 29.8 Å². The molecule has 2 rings (SSSR count). The number of halogens is 1. The van der Waals surface area contributed by atoms with E-state index in [-0.39, 0.29) is 6.03 Å². The number of benzene rings is 1. The second kappa shape index (κ2) is 7.31. The molecule has 2 amide bonds. The monoisotopic (exact) mass is 293 g/mol. The number of anilines is 1. The molecule has 4 nitrogen and oxygen atoms in total. The number of amides is 2. The summed E-state index contributed by atoms with van der Waals surface area (Å²) in [5.74, 6) is 0. The van der Waals surface area contributed by atoms with Gasteiger partial charge in [-0.25, -0.2) is 4.79 Å².